The number of halogens is 2. The van der Waals surface area contributed by atoms with Crippen molar-refractivity contribution in [1.82, 2.24) is 0 Å². The highest BCUT2D eigenvalue weighted by Crippen LogP contribution is 2.09. The summed E-state index contributed by atoms with van der Waals surface area (Å²) in [5.74, 6) is 0. The molecule has 0 aliphatic rings. The lowest BCUT2D eigenvalue weighted by Gasteiger charge is -2.11. The van der Waals surface area contributed by atoms with Gasteiger partial charge >= 0.3 is 0 Å². The molecular formula is C10H18F2O2. The fraction of sp³-hybridized carbons (Fsp3) is 0.800. The Hall–Kier alpha value is -0.480. The molecule has 0 aromatic heterocycles. The average molecular weight is 208 g/mol. The van der Waals surface area contributed by atoms with Gasteiger partial charge in [0.05, 0.1) is 6.10 Å². The normalized spacial score (nSPS) is 13.2. The Morgan fingerprint density at radius 2 is 2.14 bits per heavy atom. The van der Waals surface area contributed by atoms with Crippen LogP contribution in [0.1, 0.15) is 26.2 Å². The van der Waals surface area contributed by atoms with E-state index in [4.69, 9.17) is 0 Å². The van der Waals surface area contributed by atoms with Gasteiger partial charge in [-0.2, -0.15) is 0 Å². The lowest BCUT2D eigenvalue weighted by atomic mass is 10.1. The van der Waals surface area contributed by atoms with Crippen LogP contribution in [0.5, 0.6) is 0 Å². The number of alkyl halides is 2. The summed E-state index contributed by atoms with van der Waals surface area (Å²) in [6.45, 7) is 5.32. The van der Waals surface area contributed by atoms with Gasteiger partial charge in [-0.05, 0) is 19.3 Å². The molecule has 0 bridgehead atoms. The molecule has 14 heavy (non-hydrogen) atoms. The second kappa shape index (κ2) is 7.88. The van der Waals surface area contributed by atoms with Crippen LogP contribution in [0.2, 0.25) is 0 Å². The minimum absolute atomic E-state index is 0.169. The van der Waals surface area contributed by atoms with Gasteiger partial charge in [0, 0.05) is 6.61 Å². The predicted octanol–water partition coefficient (Wildman–Crippen LogP) is 2.38. The van der Waals surface area contributed by atoms with E-state index in [-0.39, 0.29) is 6.61 Å². The predicted molar refractivity (Wildman–Crippen MR) is 51.5 cm³/mol. The van der Waals surface area contributed by atoms with Crippen LogP contribution in [-0.2, 0) is 4.74 Å². The van der Waals surface area contributed by atoms with Gasteiger partial charge in [0.1, 0.15) is 6.61 Å². The molecule has 84 valence electrons. The van der Waals surface area contributed by atoms with Crippen molar-refractivity contribution >= 4 is 0 Å². The molecule has 0 aliphatic carbocycles. The summed E-state index contributed by atoms with van der Waals surface area (Å²) < 4.78 is 27.9. The molecule has 0 aromatic carbocycles. The van der Waals surface area contributed by atoms with Gasteiger partial charge in [-0.1, -0.05) is 19.1 Å². The molecule has 0 radical (unpaired) electrons. The van der Waals surface area contributed by atoms with Crippen molar-refractivity contribution in [2.45, 2.75) is 38.7 Å². The third kappa shape index (κ3) is 8.13. The summed E-state index contributed by atoms with van der Waals surface area (Å²) in [4.78, 5) is 0. The highest BCUT2D eigenvalue weighted by atomic mass is 19.3. The number of hydrogen-bond donors (Lipinski definition) is 1. The van der Waals surface area contributed by atoms with Crippen LogP contribution in [0.4, 0.5) is 8.78 Å². The molecule has 0 fully saturated rings. The van der Waals surface area contributed by atoms with Crippen molar-refractivity contribution < 1.29 is 18.6 Å². The van der Waals surface area contributed by atoms with E-state index in [0.29, 0.717) is 12.8 Å². The maximum atomic E-state index is 11.6. The number of aliphatic hydroxyl groups excluding tert-OH is 1. The Morgan fingerprint density at radius 3 is 2.64 bits per heavy atom. The Labute approximate surface area is 83.6 Å². The maximum absolute atomic E-state index is 11.6. The first-order chi connectivity index (χ1) is 6.56. The van der Waals surface area contributed by atoms with E-state index in [1.54, 1.807) is 0 Å². The fourth-order valence-corrected chi connectivity index (χ4v) is 0.971. The Bertz CT molecular complexity index is 160. The molecule has 1 atom stereocenters. The van der Waals surface area contributed by atoms with E-state index >= 15 is 0 Å². The average Bonchev–Trinajstić information content (AvgIpc) is 2.12. The summed E-state index contributed by atoms with van der Waals surface area (Å²) in [6.07, 6.45) is -1.23. The summed E-state index contributed by atoms with van der Waals surface area (Å²) in [7, 11) is 0. The quantitative estimate of drug-likeness (QED) is 0.490. The van der Waals surface area contributed by atoms with Crippen molar-refractivity contribution in [3.8, 4) is 0 Å². The largest absolute Gasteiger partial charge is 0.393 e. The van der Waals surface area contributed by atoms with Crippen LogP contribution in [0.15, 0.2) is 12.2 Å². The first kappa shape index (κ1) is 13.5. The molecule has 0 aliphatic heterocycles. The lowest BCUT2D eigenvalue weighted by Crippen LogP contribution is -2.13. The van der Waals surface area contributed by atoms with Crippen LogP contribution in [0.3, 0.4) is 0 Å². The fourth-order valence-electron chi connectivity index (χ4n) is 0.971. The van der Waals surface area contributed by atoms with E-state index in [0.717, 1.165) is 12.0 Å². The first-order valence-corrected chi connectivity index (χ1v) is 4.76. The zero-order valence-electron chi connectivity index (χ0n) is 8.51. The van der Waals surface area contributed by atoms with Crippen molar-refractivity contribution in [1.29, 1.82) is 0 Å². The first-order valence-electron chi connectivity index (χ1n) is 4.76. The van der Waals surface area contributed by atoms with Crippen molar-refractivity contribution in [2.24, 2.45) is 0 Å². The van der Waals surface area contributed by atoms with Crippen molar-refractivity contribution in [3.63, 3.8) is 0 Å². The van der Waals surface area contributed by atoms with Crippen molar-refractivity contribution in [3.05, 3.63) is 12.2 Å². The molecule has 0 aromatic rings. The standard InChI is InChI=1S/C10H18F2O2/c1-3-8(2)6-9(13)4-5-14-7-10(11)12/h9-10,13H,2-7H2,1H3. The minimum atomic E-state index is -2.43. The van der Waals surface area contributed by atoms with Crippen LogP contribution < -0.4 is 0 Å². The molecule has 4 heteroatoms. The Kier molecular flexibility index (Phi) is 7.61. The Balaban J connectivity index is 3.35. The monoisotopic (exact) mass is 208 g/mol. The van der Waals surface area contributed by atoms with E-state index in [9.17, 15) is 13.9 Å². The molecule has 0 rings (SSSR count). The number of rotatable bonds is 8. The lowest BCUT2D eigenvalue weighted by molar-refractivity contribution is 0.00509. The zero-order valence-corrected chi connectivity index (χ0v) is 8.51. The zero-order chi connectivity index (χ0) is 11.0. The van der Waals surface area contributed by atoms with E-state index in [1.807, 2.05) is 6.92 Å². The molecule has 0 saturated carbocycles. The van der Waals surface area contributed by atoms with Crippen LogP contribution >= 0.6 is 0 Å². The van der Waals surface area contributed by atoms with Gasteiger partial charge in [0.15, 0.2) is 0 Å². The summed E-state index contributed by atoms with van der Waals surface area (Å²) in [5.41, 5.74) is 0.964. The highest BCUT2D eigenvalue weighted by Gasteiger charge is 2.07. The molecule has 0 saturated heterocycles. The number of ether oxygens (including phenoxy) is 1. The second-order valence-corrected chi connectivity index (χ2v) is 3.22. The number of aliphatic hydroxyl groups is 1. The van der Waals surface area contributed by atoms with E-state index in [1.165, 1.54) is 0 Å². The molecule has 0 spiro atoms. The van der Waals surface area contributed by atoms with Gasteiger partial charge in [-0.15, -0.1) is 0 Å². The maximum Gasteiger partial charge on any atom is 0.261 e. The molecule has 2 nitrogen and oxygen atoms in total. The van der Waals surface area contributed by atoms with E-state index in [2.05, 4.69) is 11.3 Å². The van der Waals surface area contributed by atoms with Gasteiger partial charge in [-0.25, -0.2) is 8.78 Å². The Morgan fingerprint density at radius 1 is 1.50 bits per heavy atom. The smallest absolute Gasteiger partial charge is 0.261 e. The van der Waals surface area contributed by atoms with Gasteiger partial charge in [-0.3, -0.25) is 0 Å². The SMILES string of the molecule is C=C(CC)CC(O)CCOCC(F)F. The van der Waals surface area contributed by atoms with Gasteiger partial charge in [0.2, 0.25) is 0 Å². The van der Waals surface area contributed by atoms with Crippen molar-refractivity contribution in [2.75, 3.05) is 13.2 Å². The molecule has 1 N–H and O–H groups in total. The third-order valence-corrected chi connectivity index (χ3v) is 1.86. The highest BCUT2D eigenvalue weighted by molar-refractivity contribution is 4.94. The van der Waals surface area contributed by atoms with E-state index < -0.39 is 19.1 Å². The summed E-state index contributed by atoms with van der Waals surface area (Å²) in [6, 6.07) is 0. The van der Waals surface area contributed by atoms with Crippen LogP contribution in [0.25, 0.3) is 0 Å². The van der Waals surface area contributed by atoms with Gasteiger partial charge < -0.3 is 9.84 Å². The number of hydrogen-bond acceptors (Lipinski definition) is 2. The summed E-state index contributed by atoms with van der Waals surface area (Å²) in [5, 5.41) is 9.39. The molecule has 1 unspecified atom stereocenters. The molecular weight excluding hydrogens is 190 g/mol. The third-order valence-electron chi connectivity index (χ3n) is 1.86. The second-order valence-electron chi connectivity index (χ2n) is 3.22. The van der Waals surface area contributed by atoms with Crippen LogP contribution in [-0.4, -0.2) is 30.8 Å². The summed E-state index contributed by atoms with van der Waals surface area (Å²) >= 11 is 0. The topological polar surface area (TPSA) is 29.5 Å². The molecule has 0 heterocycles. The minimum Gasteiger partial charge on any atom is -0.393 e. The molecule has 0 amide bonds. The van der Waals surface area contributed by atoms with Crippen LogP contribution in [0, 0.1) is 0 Å². The van der Waals surface area contributed by atoms with Gasteiger partial charge in [0.25, 0.3) is 6.43 Å².